The molecule has 1 rings (SSSR count). The molecule has 0 aliphatic carbocycles. The molecule has 0 amide bonds. The van der Waals surface area contributed by atoms with E-state index in [1.54, 1.807) is 0 Å². The lowest BCUT2D eigenvalue weighted by molar-refractivity contribution is -0.157. The van der Waals surface area contributed by atoms with Crippen LogP contribution in [-0.2, 0) is 16.0 Å². The molecule has 4 nitrogen and oxygen atoms in total. The molecule has 0 unspecified atom stereocenters. The molecule has 19 heavy (non-hydrogen) atoms. The summed E-state index contributed by atoms with van der Waals surface area (Å²) in [6.07, 6.45) is 0.511. The van der Waals surface area contributed by atoms with Gasteiger partial charge in [-0.05, 0) is 32.8 Å². The molecule has 0 spiro atoms. The normalized spacial score (nSPS) is 12.5. The molecule has 102 valence electrons. The van der Waals surface area contributed by atoms with Gasteiger partial charge in [-0.1, -0.05) is 30.3 Å². The second kappa shape index (κ2) is 6.91. The van der Waals surface area contributed by atoms with Crippen molar-refractivity contribution in [1.29, 1.82) is 5.26 Å². The van der Waals surface area contributed by atoms with Crippen molar-refractivity contribution in [2.24, 2.45) is 0 Å². The van der Waals surface area contributed by atoms with Gasteiger partial charge < -0.3 is 4.74 Å². The van der Waals surface area contributed by atoms with Crippen LogP contribution >= 0.6 is 0 Å². The molecule has 0 bridgehead atoms. The Balaban J connectivity index is 2.72. The molecule has 1 atom stereocenters. The molecule has 0 heterocycles. The lowest BCUT2D eigenvalue weighted by Gasteiger charge is -2.24. The Hall–Kier alpha value is -1.86. The van der Waals surface area contributed by atoms with Crippen molar-refractivity contribution in [3.63, 3.8) is 0 Å². The first-order chi connectivity index (χ1) is 8.92. The van der Waals surface area contributed by atoms with Gasteiger partial charge in [0.1, 0.15) is 11.6 Å². The summed E-state index contributed by atoms with van der Waals surface area (Å²) in [7, 11) is 0. The summed E-state index contributed by atoms with van der Waals surface area (Å²) in [5.41, 5.74) is 0.504. The van der Waals surface area contributed by atoms with Crippen molar-refractivity contribution in [2.75, 3.05) is 6.54 Å². The Kier molecular flexibility index (Phi) is 5.53. The summed E-state index contributed by atoms with van der Waals surface area (Å²) in [6, 6.07) is 11.2. The molecule has 0 aliphatic heterocycles. The Bertz CT molecular complexity index is 443. The zero-order valence-electron chi connectivity index (χ0n) is 11.6. The summed E-state index contributed by atoms with van der Waals surface area (Å²) in [4.78, 5) is 12.1. The molecule has 0 aliphatic rings. The van der Waals surface area contributed by atoms with Crippen molar-refractivity contribution >= 4 is 5.97 Å². The number of carbonyl (C=O) groups is 1. The minimum absolute atomic E-state index is 0.122. The second-order valence-corrected chi connectivity index (χ2v) is 5.31. The number of carbonyl (C=O) groups excluding carboxylic acids is 1. The van der Waals surface area contributed by atoms with Crippen LogP contribution in [-0.4, -0.2) is 24.2 Å². The van der Waals surface area contributed by atoms with E-state index in [0.29, 0.717) is 6.42 Å². The van der Waals surface area contributed by atoms with Crippen molar-refractivity contribution in [3.05, 3.63) is 35.9 Å². The minimum atomic E-state index is -0.527. The zero-order chi connectivity index (χ0) is 14.3. The highest BCUT2D eigenvalue weighted by molar-refractivity contribution is 5.76. The maximum absolute atomic E-state index is 12.1. The molecule has 0 radical (unpaired) electrons. The van der Waals surface area contributed by atoms with Gasteiger partial charge in [-0.3, -0.25) is 10.1 Å². The second-order valence-electron chi connectivity index (χ2n) is 5.31. The van der Waals surface area contributed by atoms with Crippen LogP contribution in [0.1, 0.15) is 26.3 Å². The fourth-order valence-corrected chi connectivity index (χ4v) is 1.63. The largest absolute Gasteiger partial charge is 0.459 e. The third-order valence-corrected chi connectivity index (χ3v) is 2.40. The van der Waals surface area contributed by atoms with Gasteiger partial charge in [0.15, 0.2) is 0 Å². The van der Waals surface area contributed by atoms with E-state index in [9.17, 15) is 4.79 Å². The van der Waals surface area contributed by atoms with Crippen molar-refractivity contribution in [1.82, 2.24) is 5.32 Å². The first-order valence-electron chi connectivity index (χ1n) is 6.29. The number of hydrogen-bond acceptors (Lipinski definition) is 4. The van der Waals surface area contributed by atoms with Crippen molar-refractivity contribution < 1.29 is 9.53 Å². The van der Waals surface area contributed by atoms with E-state index in [0.717, 1.165) is 5.56 Å². The molecule has 0 saturated carbocycles. The van der Waals surface area contributed by atoms with Gasteiger partial charge in [-0.2, -0.15) is 5.26 Å². The van der Waals surface area contributed by atoms with Gasteiger partial charge >= 0.3 is 5.97 Å². The Morgan fingerprint density at radius 2 is 2.00 bits per heavy atom. The first-order valence-corrected chi connectivity index (χ1v) is 6.29. The van der Waals surface area contributed by atoms with E-state index in [2.05, 4.69) is 5.32 Å². The highest BCUT2D eigenvalue weighted by atomic mass is 16.6. The summed E-state index contributed by atoms with van der Waals surface area (Å²) in [5, 5.41) is 11.5. The molecular formula is C15H20N2O2. The standard InChI is InChI=1S/C15H20N2O2/c1-15(2,3)19-14(18)13(17-10-9-16)11-12-7-5-4-6-8-12/h4-8,13,17H,10-11H2,1-3H3/t13-/m0/s1. The van der Waals surface area contributed by atoms with Crippen LogP contribution in [0, 0.1) is 11.3 Å². The lowest BCUT2D eigenvalue weighted by atomic mass is 10.1. The number of nitriles is 1. The van der Waals surface area contributed by atoms with E-state index in [4.69, 9.17) is 10.00 Å². The van der Waals surface area contributed by atoms with Crippen LogP contribution in [0.4, 0.5) is 0 Å². The van der Waals surface area contributed by atoms with Crippen molar-refractivity contribution in [2.45, 2.75) is 38.8 Å². The monoisotopic (exact) mass is 260 g/mol. The fourth-order valence-electron chi connectivity index (χ4n) is 1.63. The molecule has 0 saturated heterocycles. The maximum Gasteiger partial charge on any atom is 0.324 e. The SMILES string of the molecule is CC(C)(C)OC(=O)[C@H](Cc1ccccc1)NCC#N. The number of nitrogens with zero attached hydrogens (tertiary/aromatic N) is 1. The smallest absolute Gasteiger partial charge is 0.324 e. The van der Waals surface area contributed by atoms with E-state index in [1.165, 1.54) is 0 Å². The van der Waals surface area contributed by atoms with Crippen LogP contribution < -0.4 is 5.32 Å². The van der Waals surface area contributed by atoms with Gasteiger partial charge in [-0.15, -0.1) is 0 Å². The Labute approximate surface area is 114 Å². The van der Waals surface area contributed by atoms with E-state index < -0.39 is 11.6 Å². The fraction of sp³-hybridized carbons (Fsp3) is 0.467. The third-order valence-electron chi connectivity index (χ3n) is 2.40. The summed E-state index contributed by atoms with van der Waals surface area (Å²) < 4.78 is 5.36. The maximum atomic E-state index is 12.1. The molecule has 4 heteroatoms. The summed E-state index contributed by atoms with van der Waals surface area (Å²) >= 11 is 0. The van der Waals surface area contributed by atoms with Crippen LogP contribution in [0.25, 0.3) is 0 Å². The van der Waals surface area contributed by atoms with Gasteiger partial charge in [0.05, 0.1) is 12.6 Å². The number of nitrogens with one attached hydrogen (secondary N) is 1. The minimum Gasteiger partial charge on any atom is -0.459 e. The Morgan fingerprint density at radius 3 is 2.53 bits per heavy atom. The van der Waals surface area contributed by atoms with Gasteiger partial charge in [0.25, 0.3) is 0 Å². The molecular weight excluding hydrogens is 240 g/mol. The van der Waals surface area contributed by atoms with Gasteiger partial charge in [-0.25, -0.2) is 0 Å². The zero-order valence-corrected chi connectivity index (χ0v) is 11.6. The molecule has 1 aromatic carbocycles. The number of rotatable bonds is 5. The van der Waals surface area contributed by atoms with Crippen LogP contribution in [0.3, 0.4) is 0 Å². The van der Waals surface area contributed by atoms with E-state index in [-0.39, 0.29) is 12.5 Å². The van der Waals surface area contributed by atoms with E-state index in [1.807, 2.05) is 57.2 Å². The van der Waals surface area contributed by atoms with Crippen molar-refractivity contribution in [3.8, 4) is 6.07 Å². The molecule has 0 fully saturated rings. The molecule has 1 N–H and O–H groups in total. The van der Waals surface area contributed by atoms with Crippen LogP contribution in [0.2, 0.25) is 0 Å². The Morgan fingerprint density at radius 1 is 1.37 bits per heavy atom. The van der Waals surface area contributed by atoms with Crippen LogP contribution in [0.5, 0.6) is 0 Å². The molecule has 1 aromatic rings. The number of esters is 1. The topological polar surface area (TPSA) is 62.1 Å². The van der Waals surface area contributed by atoms with Gasteiger partial charge in [0.2, 0.25) is 0 Å². The number of hydrogen-bond donors (Lipinski definition) is 1. The average Bonchev–Trinajstić information content (AvgIpc) is 2.33. The van der Waals surface area contributed by atoms with Gasteiger partial charge in [0, 0.05) is 0 Å². The van der Waals surface area contributed by atoms with Crippen LogP contribution in [0.15, 0.2) is 30.3 Å². The number of ether oxygens (including phenoxy) is 1. The highest BCUT2D eigenvalue weighted by Gasteiger charge is 2.24. The third kappa shape index (κ3) is 6.03. The number of benzene rings is 1. The lowest BCUT2D eigenvalue weighted by Crippen LogP contribution is -2.42. The van der Waals surface area contributed by atoms with E-state index >= 15 is 0 Å². The average molecular weight is 260 g/mol. The molecule has 0 aromatic heterocycles. The summed E-state index contributed by atoms with van der Waals surface area (Å²) in [5.74, 6) is -0.327. The summed E-state index contributed by atoms with van der Waals surface area (Å²) in [6.45, 7) is 5.61. The quantitative estimate of drug-likeness (QED) is 0.650. The predicted octanol–water partition coefficient (Wildman–Crippen LogP) is 2.05. The first kappa shape index (κ1) is 15.2. The highest BCUT2D eigenvalue weighted by Crippen LogP contribution is 2.11. The predicted molar refractivity (Wildman–Crippen MR) is 73.4 cm³/mol.